The number of rotatable bonds is 6. The van der Waals surface area contributed by atoms with Crippen LogP contribution in [0.25, 0.3) is 0 Å². The highest BCUT2D eigenvalue weighted by Crippen LogP contribution is 2.12. The summed E-state index contributed by atoms with van der Waals surface area (Å²) in [4.78, 5) is 24.2. The lowest BCUT2D eigenvalue weighted by atomic mass is 10.2. The van der Waals surface area contributed by atoms with E-state index in [1.165, 1.54) is 0 Å². The molecule has 0 heterocycles. The van der Waals surface area contributed by atoms with Crippen LogP contribution in [0, 0.1) is 0 Å². The number of hydrogen-bond donors (Lipinski definition) is 3. The van der Waals surface area contributed by atoms with Gasteiger partial charge in [-0.25, -0.2) is 0 Å². The summed E-state index contributed by atoms with van der Waals surface area (Å²) in [7, 11) is 1.56. The van der Waals surface area contributed by atoms with Gasteiger partial charge in [-0.2, -0.15) is 0 Å². The van der Waals surface area contributed by atoms with Gasteiger partial charge < -0.3 is 15.4 Å². The minimum Gasteiger partial charge on any atom is -0.383 e. The molecule has 0 aromatic heterocycles. The molecule has 0 radical (unpaired) electrons. The molecule has 0 unspecified atom stereocenters. The molecule has 2 amide bonds. The van der Waals surface area contributed by atoms with Crippen molar-refractivity contribution in [1.82, 2.24) is 10.6 Å². The van der Waals surface area contributed by atoms with E-state index in [1.807, 2.05) is 0 Å². The Morgan fingerprint density at radius 2 is 1.77 bits per heavy atom. The van der Waals surface area contributed by atoms with Crippen molar-refractivity contribution in [1.29, 1.82) is 0 Å². The summed E-state index contributed by atoms with van der Waals surface area (Å²) in [5.74, 6) is -0.599. The average Bonchev–Trinajstić information content (AvgIpc) is 2.62. The van der Waals surface area contributed by atoms with Crippen molar-refractivity contribution >= 4 is 46.4 Å². The van der Waals surface area contributed by atoms with Crippen molar-refractivity contribution in [3.63, 3.8) is 0 Å². The number of hydrogen-bond acceptors (Lipinski definition) is 4. The van der Waals surface area contributed by atoms with Gasteiger partial charge in [0.05, 0.1) is 6.61 Å². The maximum absolute atomic E-state index is 12.1. The van der Waals surface area contributed by atoms with Crippen molar-refractivity contribution in [3.8, 4) is 0 Å². The summed E-state index contributed by atoms with van der Waals surface area (Å²) in [6, 6.07) is 13.3. The van der Waals surface area contributed by atoms with E-state index >= 15 is 0 Å². The Hall–Kier alpha value is -2.48. The molecule has 0 saturated heterocycles. The Morgan fingerprint density at radius 3 is 2.46 bits per heavy atom. The van der Waals surface area contributed by atoms with E-state index in [9.17, 15) is 9.59 Å². The van der Waals surface area contributed by atoms with Crippen LogP contribution in [0.4, 0.5) is 5.69 Å². The average molecular weight is 392 g/mol. The normalized spacial score (nSPS) is 10.1. The van der Waals surface area contributed by atoms with Gasteiger partial charge in [0.1, 0.15) is 0 Å². The van der Waals surface area contributed by atoms with Crippen LogP contribution < -0.4 is 16.0 Å². The maximum Gasteiger partial charge on any atom is 0.257 e. The third kappa shape index (κ3) is 6.11. The number of carbonyl (C=O) groups excluding carboxylic acids is 2. The van der Waals surface area contributed by atoms with E-state index in [1.54, 1.807) is 55.6 Å². The molecular formula is C18H18ClN3O3S. The highest BCUT2D eigenvalue weighted by atomic mass is 35.5. The maximum atomic E-state index is 12.1. The second-order valence-electron chi connectivity index (χ2n) is 5.25. The zero-order chi connectivity index (χ0) is 18.9. The van der Waals surface area contributed by atoms with E-state index in [2.05, 4.69) is 16.0 Å². The predicted molar refractivity (Wildman–Crippen MR) is 106 cm³/mol. The summed E-state index contributed by atoms with van der Waals surface area (Å²) in [5.41, 5.74) is 1.45. The van der Waals surface area contributed by atoms with Gasteiger partial charge in [0, 0.05) is 35.5 Å². The zero-order valence-corrected chi connectivity index (χ0v) is 15.6. The molecule has 0 aliphatic heterocycles. The van der Waals surface area contributed by atoms with E-state index in [4.69, 9.17) is 28.6 Å². The monoisotopic (exact) mass is 391 g/mol. The molecule has 0 aliphatic carbocycles. The van der Waals surface area contributed by atoms with Gasteiger partial charge in [0.25, 0.3) is 11.8 Å². The summed E-state index contributed by atoms with van der Waals surface area (Å²) < 4.78 is 4.89. The fourth-order valence-electron chi connectivity index (χ4n) is 2.07. The number of thiocarbonyl (C=S) groups is 1. The second kappa shape index (κ2) is 9.86. The van der Waals surface area contributed by atoms with Gasteiger partial charge in [-0.3, -0.25) is 14.9 Å². The molecular weight excluding hydrogens is 374 g/mol. The quantitative estimate of drug-likeness (QED) is 0.521. The van der Waals surface area contributed by atoms with Gasteiger partial charge in [0.15, 0.2) is 5.11 Å². The lowest BCUT2D eigenvalue weighted by Gasteiger charge is -2.11. The molecule has 2 aromatic rings. The SMILES string of the molecule is COCCNC(=O)c1cccc(NC(=S)NC(=O)c2cccc(Cl)c2)c1. The number of amides is 2. The van der Waals surface area contributed by atoms with E-state index < -0.39 is 0 Å². The number of ether oxygens (including phenoxy) is 1. The topological polar surface area (TPSA) is 79.5 Å². The Morgan fingerprint density at radius 1 is 1.08 bits per heavy atom. The minimum absolute atomic E-state index is 0.118. The van der Waals surface area contributed by atoms with Crippen LogP contribution in [0.5, 0.6) is 0 Å². The molecule has 26 heavy (non-hydrogen) atoms. The molecule has 8 heteroatoms. The van der Waals surface area contributed by atoms with Crippen molar-refractivity contribution in [3.05, 3.63) is 64.7 Å². The second-order valence-corrected chi connectivity index (χ2v) is 6.09. The van der Waals surface area contributed by atoms with E-state index in [0.29, 0.717) is 35.0 Å². The smallest absolute Gasteiger partial charge is 0.257 e. The molecule has 0 saturated carbocycles. The molecule has 0 fully saturated rings. The van der Waals surface area contributed by atoms with Crippen LogP contribution in [0.2, 0.25) is 5.02 Å². The number of halogens is 1. The standard InChI is InChI=1S/C18H18ClN3O3S/c1-25-9-8-20-16(23)13-5-3-7-15(11-13)21-18(26)22-17(24)12-4-2-6-14(19)10-12/h2-7,10-11H,8-9H2,1H3,(H,20,23)(H2,21,22,24,26). The Kier molecular flexibility index (Phi) is 7.53. The predicted octanol–water partition coefficient (Wildman–Crippen LogP) is 2.84. The fraction of sp³-hybridized carbons (Fsp3) is 0.167. The Labute approximate surface area is 161 Å². The first-order valence-electron chi connectivity index (χ1n) is 7.74. The third-order valence-corrected chi connectivity index (χ3v) is 3.73. The van der Waals surface area contributed by atoms with Crippen LogP contribution in [0.15, 0.2) is 48.5 Å². The lowest BCUT2D eigenvalue weighted by Crippen LogP contribution is -2.34. The van der Waals surface area contributed by atoms with Gasteiger partial charge in [-0.1, -0.05) is 23.7 Å². The number of methoxy groups -OCH3 is 1. The fourth-order valence-corrected chi connectivity index (χ4v) is 2.48. The molecule has 0 spiro atoms. The van der Waals surface area contributed by atoms with E-state index in [-0.39, 0.29) is 16.9 Å². The molecule has 6 nitrogen and oxygen atoms in total. The number of carbonyl (C=O) groups is 2. The molecule has 0 bridgehead atoms. The van der Waals surface area contributed by atoms with Crippen molar-refractivity contribution < 1.29 is 14.3 Å². The Bertz CT molecular complexity index is 814. The summed E-state index contributed by atoms with van der Waals surface area (Å²) in [6.07, 6.45) is 0. The molecule has 2 aromatic carbocycles. The van der Waals surface area contributed by atoms with Gasteiger partial charge in [-0.15, -0.1) is 0 Å². The highest BCUT2D eigenvalue weighted by molar-refractivity contribution is 7.80. The van der Waals surface area contributed by atoms with Crippen molar-refractivity contribution in [2.45, 2.75) is 0 Å². The molecule has 136 valence electrons. The largest absolute Gasteiger partial charge is 0.383 e. The molecule has 3 N–H and O–H groups in total. The zero-order valence-electron chi connectivity index (χ0n) is 14.0. The Balaban J connectivity index is 1.95. The van der Waals surface area contributed by atoms with Gasteiger partial charge >= 0.3 is 0 Å². The van der Waals surface area contributed by atoms with Crippen LogP contribution in [0.1, 0.15) is 20.7 Å². The summed E-state index contributed by atoms with van der Waals surface area (Å²) in [5, 5.41) is 8.76. The molecule has 0 atom stereocenters. The minimum atomic E-state index is -0.376. The molecule has 0 aliphatic rings. The van der Waals surface area contributed by atoms with Crippen molar-refractivity contribution in [2.75, 3.05) is 25.6 Å². The van der Waals surface area contributed by atoms with Crippen molar-refractivity contribution in [2.24, 2.45) is 0 Å². The van der Waals surface area contributed by atoms with Gasteiger partial charge in [-0.05, 0) is 48.6 Å². The number of benzene rings is 2. The van der Waals surface area contributed by atoms with Crippen LogP contribution >= 0.6 is 23.8 Å². The van der Waals surface area contributed by atoms with Crippen LogP contribution in [-0.2, 0) is 4.74 Å². The van der Waals surface area contributed by atoms with Crippen LogP contribution in [0.3, 0.4) is 0 Å². The highest BCUT2D eigenvalue weighted by Gasteiger charge is 2.10. The first kappa shape index (κ1) is 19.8. The third-order valence-electron chi connectivity index (χ3n) is 3.29. The first-order valence-corrected chi connectivity index (χ1v) is 8.53. The van der Waals surface area contributed by atoms with E-state index in [0.717, 1.165) is 0 Å². The van der Waals surface area contributed by atoms with Crippen LogP contribution in [-0.4, -0.2) is 37.2 Å². The number of anilines is 1. The van der Waals surface area contributed by atoms with Gasteiger partial charge in [0.2, 0.25) is 0 Å². The first-order chi connectivity index (χ1) is 12.5. The lowest BCUT2D eigenvalue weighted by molar-refractivity contribution is 0.0935. The molecule has 2 rings (SSSR count). The number of nitrogens with one attached hydrogen (secondary N) is 3. The summed E-state index contributed by atoms with van der Waals surface area (Å²) in [6.45, 7) is 0.852. The summed E-state index contributed by atoms with van der Waals surface area (Å²) >= 11 is 11.0.